The van der Waals surface area contributed by atoms with Crippen LogP contribution in [0.4, 0.5) is 0 Å². The Hall–Kier alpha value is -1.09. The van der Waals surface area contributed by atoms with Crippen LogP contribution in [-0.2, 0) is 4.79 Å². The molecule has 0 aromatic carbocycles. The Morgan fingerprint density at radius 2 is 2.40 bits per heavy atom. The van der Waals surface area contributed by atoms with Gasteiger partial charge in [-0.05, 0) is 32.7 Å². The van der Waals surface area contributed by atoms with Gasteiger partial charge in [-0.25, -0.2) is 0 Å². The van der Waals surface area contributed by atoms with Crippen LogP contribution in [0.5, 0.6) is 0 Å². The van der Waals surface area contributed by atoms with Crippen molar-refractivity contribution in [1.82, 2.24) is 10.6 Å². The lowest BCUT2D eigenvalue weighted by Gasteiger charge is -2.09. The van der Waals surface area contributed by atoms with Gasteiger partial charge in [0.05, 0.1) is 0 Å². The van der Waals surface area contributed by atoms with E-state index >= 15 is 0 Å². The van der Waals surface area contributed by atoms with Crippen molar-refractivity contribution in [3.63, 3.8) is 0 Å². The largest absolute Gasteiger partial charge is 0.352 e. The van der Waals surface area contributed by atoms with E-state index in [9.17, 15) is 4.79 Å². The molecule has 2 N–H and O–H groups in total. The molecule has 0 spiro atoms. The monoisotopic (exact) mass is 208 g/mol. The smallest absolute Gasteiger partial charge is 0.243 e. The van der Waals surface area contributed by atoms with Gasteiger partial charge in [-0.15, -0.1) is 0 Å². The molecule has 1 rings (SSSR count). The molecule has 1 atom stereocenters. The van der Waals surface area contributed by atoms with Crippen molar-refractivity contribution in [1.29, 1.82) is 0 Å². The predicted octanol–water partition coefficient (Wildman–Crippen LogP) is 1.38. The Bertz CT molecular complexity index is 240. The van der Waals surface area contributed by atoms with E-state index in [1.165, 1.54) is 12.8 Å². The number of carbonyl (C=O) groups is 1. The molecule has 1 amide bonds. The number of amides is 1. The average Bonchev–Trinajstić information content (AvgIpc) is 2.71. The van der Waals surface area contributed by atoms with E-state index in [2.05, 4.69) is 10.6 Å². The molecule has 1 fully saturated rings. The summed E-state index contributed by atoms with van der Waals surface area (Å²) < 4.78 is 0. The summed E-state index contributed by atoms with van der Waals surface area (Å²) in [6.45, 7) is 3.81. The van der Waals surface area contributed by atoms with E-state index in [0.29, 0.717) is 6.04 Å². The molecule has 0 aromatic rings. The van der Waals surface area contributed by atoms with Gasteiger partial charge in [0.15, 0.2) is 0 Å². The van der Waals surface area contributed by atoms with Gasteiger partial charge >= 0.3 is 0 Å². The van der Waals surface area contributed by atoms with Crippen molar-refractivity contribution < 1.29 is 4.79 Å². The molecule has 0 saturated carbocycles. The molecular formula is C12H20N2O. The van der Waals surface area contributed by atoms with Gasteiger partial charge in [0, 0.05) is 18.7 Å². The van der Waals surface area contributed by atoms with Crippen LogP contribution in [-0.4, -0.2) is 25.0 Å². The first-order chi connectivity index (χ1) is 7.33. The standard InChI is InChI=1S/C12H20N2O/c1-2-3-4-7-12(15)14-10-8-11-6-5-9-13-11/h2-4,7,11,13H,5-6,8-10H2,1H3,(H,14,15)/t11-/m0/s1. The fourth-order valence-corrected chi connectivity index (χ4v) is 1.69. The normalized spacial score (nSPS) is 21.5. The molecule has 1 aliphatic heterocycles. The third-order valence-electron chi connectivity index (χ3n) is 2.51. The van der Waals surface area contributed by atoms with E-state index in [1.54, 1.807) is 12.2 Å². The van der Waals surface area contributed by atoms with Gasteiger partial charge < -0.3 is 10.6 Å². The molecule has 3 heteroatoms. The summed E-state index contributed by atoms with van der Waals surface area (Å²) in [6, 6.07) is 0.602. The summed E-state index contributed by atoms with van der Waals surface area (Å²) in [6.07, 6.45) is 10.6. The van der Waals surface area contributed by atoms with Crippen molar-refractivity contribution in [3.05, 3.63) is 24.3 Å². The summed E-state index contributed by atoms with van der Waals surface area (Å²) in [5.74, 6) is -0.00824. The van der Waals surface area contributed by atoms with Crippen LogP contribution in [0.25, 0.3) is 0 Å². The minimum atomic E-state index is -0.00824. The Kier molecular flexibility index (Phi) is 5.78. The minimum Gasteiger partial charge on any atom is -0.352 e. The predicted molar refractivity (Wildman–Crippen MR) is 62.6 cm³/mol. The Morgan fingerprint density at radius 3 is 3.07 bits per heavy atom. The molecule has 0 bridgehead atoms. The SMILES string of the molecule is CC=CC=CC(=O)NCC[C@@H]1CCCN1. The lowest BCUT2D eigenvalue weighted by atomic mass is 10.1. The Morgan fingerprint density at radius 1 is 1.53 bits per heavy atom. The van der Waals surface area contributed by atoms with E-state index < -0.39 is 0 Å². The van der Waals surface area contributed by atoms with E-state index in [0.717, 1.165) is 19.5 Å². The highest BCUT2D eigenvalue weighted by atomic mass is 16.1. The maximum Gasteiger partial charge on any atom is 0.243 e. The van der Waals surface area contributed by atoms with Crippen LogP contribution in [0, 0.1) is 0 Å². The first kappa shape index (κ1) is 12.0. The summed E-state index contributed by atoms with van der Waals surface area (Å²) in [4.78, 5) is 11.2. The van der Waals surface area contributed by atoms with Crippen LogP contribution in [0.3, 0.4) is 0 Å². The molecule has 0 aliphatic carbocycles. The molecule has 84 valence electrons. The first-order valence-corrected chi connectivity index (χ1v) is 5.63. The molecule has 0 radical (unpaired) electrons. The third-order valence-corrected chi connectivity index (χ3v) is 2.51. The minimum absolute atomic E-state index is 0.00824. The first-order valence-electron chi connectivity index (χ1n) is 5.63. The molecule has 0 aromatic heterocycles. The van der Waals surface area contributed by atoms with Crippen molar-refractivity contribution in [2.45, 2.75) is 32.2 Å². The van der Waals surface area contributed by atoms with Gasteiger partial charge in [0.25, 0.3) is 0 Å². The van der Waals surface area contributed by atoms with E-state index in [1.807, 2.05) is 19.1 Å². The number of nitrogens with one attached hydrogen (secondary N) is 2. The summed E-state index contributed by atoms with van der Waals surface area (Å²) in [7, 11) is 0. The Labute approximate surface area is 91.6 Å². The second-order valence-corrected chi connectivity index (χ2v) is 3.76. The van der Waals surface area contributed by atoms with Crippen LogP contribution in [0.15, 0.2) is 24.3 Å². The molecule has 3 nitrogen and oxygen atoms in total. The van der Waals surface area contributed by atoms with E-state index in [-0.39, 0.29) is 5.91 Å². The fraction of sp³-hybridized carbons (Fsp3) is 0.583. The van der Waals surface area contributed by atoms with Gasteiger partial charge in [0.1, 0.15) is 0 Å². The van der Waals surface area contributed by atoms with Crippen molar-refractivity contribution in [2.75, 3.05) is 13.1 Å². The maximum absolute atomic E-state index is 11.2. The molecule has 15 heavy (non-hydrogen) atoms. The number of rotatable bonds is 5. The number of hydrogen-bond donors (Lipinski definition) is 2. The highest BCUT2D eigenvalue weighted by molar-refractivity contribution is 5.87. The lowest BCUT2D eigenvalue weighted by Crippen LogP contribution is -2.29. The van der Waals surface area contributed by atoms with Crippen LogP contribution < -0.4 is 10.6 Å². The average molecular weight is 208 g/mol. The fourth-order valence-electron chi connectivity index (χ4n) is 1.69. The topological polar surface area (TPSA) is 41.1 Å². The van der Waals surface area contributed by atoms with Crippen molar-refractivity contribution in [3.8, 4) is 0 Å². The van der Waals surface area contributed by atoms with Crippen LogP contribution in [0.1, 0.15) is 26.2 Å². The van der Waals surface area contributed by atoms with Crippen molar-refractivity contribution >= 4 is 5.91 Å². The summed E-state index contributed by atoms with van der Waals surface area (Å²) in [5.41, 5.74) is 0. The Balaban J connectivity index is 2.05. The number of hydrogen-bond acceptors (Lipinski definition) is 2. The van der Waals surface area contributed by atoms with E-state index in [4.69, 9.17) is 0 Å². The summed E-state index contributed by atoms with van der Waals surface area (Å²) in [5, 5.41) is 6.27. The number of allylic oxidation sites excluding steroid dienone is 3. The molecule has 1 saturated heterocycles. The summed E-state index contributed by atoms with van der Waals surface area (Å²) >= 11 is 0. The van der Waals surface area contributed by atoms with Gasteiger partial charge in [-0.2, -0.15) is 0 Å². The van der Waals surface area contributed by atoms with Gasteiger partial charge in [0.2, 0.25) is 5.91 Å². The van der Waals surface area contributed by atoms with Gasteiger partial charge in [-0.3, -0.25) is 4.79 Å². The highest BCUT2D eigenvalue weighted by Gasteiger charge is 2.12. The molecular weight excluding hydrogens is 188 g/mol. The molecule has 1 aliphatic rings. The molecule has 1 heterocycles. The molecule has 0 unspecified atom stereocenters. The zero-order chi connectivity index (χ0) is 10.9. The second-order valence-electron chi connectivity index (χ2n) is 3.76. The highest BCUT2D eigenvalue weighted by Crippen LogP contribution is 2.07. The quantitative estimate of drug-likeness (QED) is 0.529. The zero-order valence-corrected chi connectivity index (χ0v) is 9.33. The number of carbonyl (C=O) groups excluding carboxylic acids is 1. The lowest BCUT2D eigenvalue weighted by molar-refractivity contribution is -0.116. The van der Waals surface area contributed by atoms with Gasteiger partial charge in [-0.1, -0.05) is 18.2 Å². The van der Waals surface area contributed by atoms with Crippen LogP contribution >= 0.6 is 0 Å². The van der Waals surface area contributed by atoms with Crippen LogP contribution in [0.2, 0.25) is 0 Å². The maximum atomic E-state index is 11.2. The second kappa shape index (κ2) is 7.23. The zero-order valence-electron chi connectivity index (χ0n) is 9.33. The van der Waals surface area contributed by atoms with Crippen molar-refractivity contribution in [2.24, 2.45) is 0 Å². The third kappa shape index (κ3) is 5.37.